The van der Waals surface area contributed by atoms with Crippen LogP contribution in [0.15, 0.2) is 24.3 Å². The first-order chi connectivity index (χ1) is 16.4. The van der Waals surface area contributed by atoms with Crippen molar-refractivity contribution in [2.45, 2.75) is 75.9 Å². The smallest absolute Gasteiger partial charge is 0.200 e. The summed E-state index contributed by atoms with van der Waals surface area (Å²) in [7, 11) is 1.30. The lowest BCUT2D eigenvalue weighted by Gasteiger charge is -2.29. The minimum atomic E-state index is -0.972. The van der Waals surface area contributed by atoms with Crippen LogP contribution in [0, 0.1) is 29.2 Å². The number of aliphatic hydroxyl groups excluding tert-OH is 1. The molecule has 0 heterocycles. The molecule has 4 rings (SSSR count). The summed E-state index contributed by atoms with van der Waals surface area (Å²) in [6.07, 6.45) is 5.52. The lowest BCUT2D eigenvalue weighted by Crippen LogP contribution is -2.22. The Morgan fingerprint density at radius 3 is 1.88 bits per heavy atom. The molecule has 0 radical (unpaired) electrons. The molecule has 2 saturated carbocycles. The minimum Gasteiger partial charge on any atom is -0.494 e. The van der Waals surface area contributed by atoms with Gasteiger partial charge in [0.2, 0.25) is 5.82 Å². The first-order valence-corrected chi connectivity index (χ1v) is 12.1. The molecule has 3 nitrogen and oxygen atoms in total. The fourth-order valence-electron chi connectivity index (χ4n) is 5.45. The van der Waals surface area contributed by atoms with E-state index in [-0.39, 0.29) is 48.4 Å². The number of methoxy groups -OCH3 is 1. The van der Waals surface area contributed by atoms with Crippen LogP contribution >= 0.6 is 0 Å². The Labute approximate surface area is 198 Å². The maximum Gasteiger partial charge on any atom is 0.200 e. The zero-order chi connectivity index (χ0) is 24.2. The molecule has 0 bridgehead atoms. The first-order valence-electron chi connectivity index (χ1n) is 12.1. The van der Waals surface area contributed by atoms with Gasteiger partial charge in [0.1, 0.15) is 0 Å². The van der Waals surface area contributed by atoms with Crippen LogP contribution in [0.5, 0.6) is 5.75 Å². The second-order valence-electron chi connectivity index (χ2n) is 9.61. The van der Waals surface area contributed by atoms with Crippen molar-refractivity contribution in [3.05, 3.63) is 64.2 Å². The predicted octanol–water partition coefficient (Wildman–Crippen LogP) is 6.76. The number of hydrogen-bond donors (Lipinski definition) is 1. The number of rotatable bonds is 7. The largest absolute Gasteiger partial charge is 0.494 e. The first kappa shape index (κ1) is 25.0. The van der Waals surface area contributed by atoms with Gasteiger partial charge in [0.05, 0.1) is 19.8 Å². The summed E-state index contributed by atoms with van der Waals surface area (Å²) in [5.41, 5.74) is 0.941. The molecule has 0 spiro atoms. The van der Waals surface area contributed by atoms with E-state index in [0.29, 0.717) is 36.8 Å². The molecule has 2 aliphatic rings. The van der Waals surface area contributed by atoms with Crippen molar-refractivity contribution in [2.75, 3.05) is 13.7 Å². The summed E-state index contributed by atoms with van der Waals surface area (Å²) in [5, 5.41) is 9.28. The summed E-state index contributed by atoms with van der Waals surface area (Å²) >= 11 is 0. The van der Waals surface area contributed by atoms with Crippen LogP contribution in [-0.4, -0.2) is 24.9 Å². The Balaban J connectivity index is 1.32. The van der Waals surface area contributed by atoms with Gasteiger partial charge < -0.3 is 14.6 Å². The van der Waals surface area contributed by atoms with Gasteiger partial charge in [0.15, 0.2) is 23.2 Å². The van der Waals surface area contributed by atoms with Crippen LogP contribution in [0.3, 0.4) is 0 Å². The highest BCUT2D eigenvalue weighted by atomic mass is 19.2. The van der Waals surface area contributed by atoms with Crippen LogP contribution < -0.4 is 4.74 Å². The molecule has 0 amide bonds. The molecule has 0 aliphatic heterocycles. The van der Waals surface area contributed by atoms with Crippen molar-refractivity contribution in [3.8, 4) is 5.75 Å². The third-order valence-electron chi connectivity index (χ3n) is 7.62. The van der Waals surface area contributed by atoms with Crippen molar-refractivity contribution in [2.24, 2.45) is 5.92 Å². The Bertz CT molecular complexity index is 980. The molecule has 2 aliphatic carbocycles. The van der Waals surface area contributed by atoms with Crippen LogP contribution in [0.2, 0.25) is 0 Å². The van der Waals surface area contributed by atoms with Gasteiger partial charge in [-0.2, -0.15) is 4.39 Å². The number of benzene rings is 2. The monoisotopic (exact) mass is 480 g/mol. The van der Waals surface area contributed by atoms with Gasteiger partial charge in [-0.05, 0) is 86.3 Å². The van der Waals surface area contributed by atoms with E-state index in [2.05, 4.69) is 0 Å². The standard InChI is InChI=1S/C27H32F4O3/c1-33-23-13-12-22(26(30)27(23)31)18-6-9-20(10-7-18)34-15-19-8-11-21(25(29)24(19)28)17-4-2-16(14-32)3-5-17/h8,11-13,16-18,20,32H,2-7,9-10,14-15H2,1H3. The summed E-state index contributed by atoms with van der Waals surface area (Å²) in [4.78, 5) is 0. The molecule has 2 fully saturated rings. The van der Waals surface area contributed by atoms with Gasteiger partial charge in [0, 0.05) is 12.2 Å². The molecule has 2 aromatic rings. The van der Waals surface area contributed by atoms with Crippen LogP contribution in [0.25, 0.3) is 0 Å². The second kappa shape index (κ2) is 11.1. The van der Waals surface area contributed by atoms with Crippen molar-refractivity contribution in [1.29, 1.82) is 0 Å². The number of hydrogen-bond acceptors (Lipinski definition) is 3. The molecule has 1 N–H and O–H groups in total. The maximum absolute atomic E-state index is 14.8. The Morgan fingerprint density at radius 2 is 1.29 bits per heavy atom. The van der Waals surface area contributed by atoms with Gasteiger partial charge in [-0.15, -0.1) is 0 Å². The van der Waals surface area contributed by atoms with E-state index in [1.807, 2.05) is 0 Å². The SMILES string of the molecule is COc1ccc(C2CCC(OCc3ccc(C4CCC(CO)CC4)c(F)c3F)CC2)c(F)c1F. The number of aliphatic hydroxyl groups is 1. The normalized spacial score (nSPS) is 25.4. The van der Waals surface area contributed by atoms with E-state index in [0.717, 1.165) is 25.7 Å². The molecule has 186 valence electrons. The maximum atomic E-state index is 14.8. The molecular weight excluding hydrogens is 448 g/mol. The third kappa shape index (κ3) is 5.25. The average molecular weight is 481 g/mol. The van der Waals surface area contributed by atoms with Crippen molar-refractivity contribution < 1.29 is 32.1 Å². The highest BCUT2D eigenvalue weighted by Gasteiger charge is 2.29. The lowest BCUT2D eigenvalue weighted by molar-refractivity contribution is 0.0116. The second-order valence-corrected chi connectivity index (χ2v) is 9.61. The summed E-state index contributed by atoms with van der Waals surface area (Å²) in [5.74, 6) is -3.49. The predicted molar refractivity (Wildman–Crippen MR) is 121 cm³/mol. The van der Waals surface area contributed by atoms with E-state index < -0.39 is 23.3 Å². The quantitative estimate of drug-likeness (QED) is 0.445. The van der Waals surface area contributed by atoms with E-state index in [1.54, 1.807) is 18.2 Å². The van der Waals surface area contributed by atoms with E-state index >= 15 is 0 Å². The van der Waals surface area contributed by atoms with Crippen LogP contribution in [0.1, 0.15) is 79.9 Å². The van der Waals surface area contributed by atoms with Gasteiger partial charge in [0.25, 0.3) is 0 Å². The molecule has 34 heavy (non-hydrogen) atoms. The molecule has 7 heteroatoms. The van der Waals surface area contributed by atoms with Gasteiger partial charge in [-0.1, -0.05) is 18.2 Å². The number of ether oxygens (including phenoxy) is 2. The van der Waals surface area contributed by atoms with E-state index in [9.17, 15) is 22.7 Å². The van der Waals surface area contributed by atoms with Crippen molar-refractivity contribution >= 4 is 0 Å². The molecule has 2 aromatic carbocycles. The molecule has 0 atom stereocenters. The van der Waals surface area contributed by atoms with Gasteiger partial charge in [-0.25, -0.2) is 13.2 Å². The highest BCUT2D eigenvalue weighted by molar-refractivity contribution is 5.33. The fraction of sp³-hybridized carbons (Fsp3) is 0.556. The molecule has 0 unspecified atom stereocenters. The van der Waals surface area contributed by atoms with Crippen molar-refractivity contribution in [3.63, 3.8) is 0 Å². The molecule has 0 saturated heterocycles. The molecule has 0 aromatic heterocycles. The average Bonchev–Trinajstić information content (AvgIpc) is 2.87. The highest BCUT2D eigenvalue weighted by Crippen LogP contribution is 2.39. The Kier molecular flexibility index (Phi) is 8.14. The fourth-order valence-corrected chi connectivity index (χ4v) is 5.45. The zero-order valence-corrected chi connectivity index (χ0v) is 19.5. The van der Waals surface area contributed by atoms with E-state index in [1.165, 1.54) is 13.2 Å². The van der Waals surface area contributed by atoms with E-state index in [4.69, 9.17) is 9.47 Å². The summed E-state index contributed by atoms with van der Waals surface area (Å²) in [6, 6.07) is 6.28. The van der Waals surface area contributed by atoms with Crippen LogP contribution in [-0.2, 0) is 11.3 Å². The Morgan fingerprint density at radius 1 is 0.735 bits per heavy atom. The lowest BCUT2D eigenvalue weighted by atomic mass is 9.78. The third-order valence-corrected chi connectivity index (χ3v) is 7.62. The van der Waals surface area contributed by atoms with Crippen molar-refractivity contribution in [1.82, 2.24) is 0 Å². The summed E-state index contributed by atoms with van der Waals surface area (Å²) in [6.45, 7) is 0.120. The minimum absolute atomic E-state index is 0.0225. The zero-order valence-electron chi connectivity index (χ0n) is 19.5. The van der Waals surface area contributed by atoms with Crippen LogP contribution in [0.4, 0.5) is 17.6 Å². The Hall–Kier alpha value is -2.12. The summed E-state index contributed by atoms with van der Waals surface area (Å²) < 4.78 is 68.7. The molecular formula is C27H32F4O3. The topological polar surface area (TPSA) is 38.7 Å². The van der Waals surface area contributed by atoms with Gasteiger partial charge >= 0.3 is 0 Å². The number of halogens is 4. The van der Waals surface area contributed by atoms with Gasteiger partial charge in [-0.3, -0.25) is 0 Å².